The Balaban J connectivity index is 4.27. The van der Waals surface area contributed by atoms with E-state index in [1.807, 2.05) is 0 Å². The topological polar surface area (TPSA) is 78.9 Å². The molecule has 0 unspecified atom stereocenters. The van der Waals surface area contributed by atoms with Gasteiger partial charge in [0.1, 0.15) is 13.2 Å². The van der Waals surface area contributed by atoms with Gasteiger partial charge < -0.3 is 14.2 Å². The second-order valence-corrected chi connectivity index (χ2v) is 19.3. The summed E-state index contributed by atoms with van der Waals surface area (Å²) in [5.41, 5.74) is 0. The van der Waals surface area contributed by atoms with E-state index < -0.39 is 6.10 Å². The molecule has 0 rings (SSSR count). The third kappa shape index (κ3) is 49.3. The third-order valence-corrected chi connectivity index (χ3v) is 12.5. The molecule has 0 aromatic carbocycles. The molecular weight excluding hydrogens is 757 g/mol. The Morgan fingerprint density at radius 3 is 0.803 bits per heavy atom. The van der Waals surface area contributed by atoms with Crippen LogP contribution >= 0.6 is 0 Å². The Kier molecular flexibility index (Phi) is 48.1. The van der Waals surface area contributed by atoms with Gasteiger partial charge in [-0.15, -0.1) is 0 Å². The van der Waals surface area contributed by atoms with Crippen LogP contribution in [0.4, 0.5) is 0 Å². The van der Waals surface area contributed by atoms with E-state index in [2.05, 4.69) is 27.7 Å². The second kappa shape index (κ2) is 49.4. The third-order valence-electron chi connectivity index (χ3n) is 12.5. The van der Waals surface area contributed by atoms with Crippen LogP contribution < -0.4 is 0 Å². The summed E-state index contributed by atoms with van der Waals surface area (Å²) in [5, 5.41) is 0. The van der Waals surface area contributed by atoms with E-state index in [1.54, 1.807) is 0 Å². The first-order valence-corrected chi connectivity index (χ1v) is 27.4. The van der Waals surface area contributed by atoms with Gasteiger partial charge in [-0.05, 0) is 25.2 Å². The van der Waals surface area contributed by atoms with Gasteiger partial charge >= 0.3 is 17.9 Å². The molecule has 0 fully saturated rings. The highest BCUT2D eigenvalue weighted by Gasteiger charge is 2.19. The summed E-state index contributed by atoms with van der Waals surface area (Å²) in [5.74, 6) is -0.0143. The highest BCUT2D eigenvalue weighted by atomic mass is 16.6. The van der Waals surface area contributed by atoms with Crippen molar-refractivity contribution in [2.24, 2.45) is 5.92 Å². The van der Waals surface area contributed by atoms with Gasteiger partial charge in [0.05, 0.1) is 0 Å². The van der Waals surface area contributed by atoms with Crippen molar-refractivity contribution in [2.45, 2.75) is 316 Å². The van der Waals surface area contributed by atoms with Crippen molar-refractivity contribution in [1.82, 2.24) is 0 Å². The monoisotopic (exact) mass is 863 g/mol. The molecule has 0 amide bonds. The van der Waals surface area contributed by atoms with E-state index in [9.17, 15) is 14.4 Å². The number of ether oxygens (including phenoxy) is 3. The first kappa shape index (κ1) is 59.4. The van der Waals surface area contributed by atoms with Crippen LogP contribution in [0, 0.1) is 5.92 Å². The van der Waals surface area contributed by atoms with E-state index in [1.165, 1.54) is 205 Å². The molecule has 362 valence electrons. The summed E-state index contributed by atoms with van der Waals surface area (Å²) in [7, 11) is 0. The highest BCUT2D eigenvalue weighted by Crippen LogP contribution is 2.17. The van der Waals surface area contributed by atoms with Crippen molar-refractivity contribution in [1.29, 1.82) is 0 Å². The molecule has 0 saturated carbocycles. The maximum absolute atomic E-state index is 12.8. The molecule has 0 radical (unpaired) electrons. The Bertz CT molecular complexity index is 918. The lowest BCUT2D eigenvalue weighted by atomic mass is 10.0. The Hall–Kier alpha value is -1.59. The number of hydrogen-bond acceptors (Lipinski definition) is 6. The Morgan fingerprint density at radius 1 is 0.311 bits per heavy atom. The minimum Gasteiger partial charge on any atom is -0.462 e. The van der Waals surface area contributed by atoms with Crippen LogP contribution in [-0.2, 0) is 28.6 Å². The zero-order valence-corrected chi connectivity index (χ0v) is 41.6. The van der Waals surface area contributed by atoms with E-state index >= 15 is 0 Å². The van der Waals surface area contributed by atoms with Crippen molar-refractivity contribution in [3.8, 4) is 0 Å². The maximum atomic E-state index is 12.8. The van der Waals surface area contributed by atoms with Crippen LogP contribution in [0.15, 0.2) is 0 Å². The van der Waals surface area contributed by atoms with Gasteiger partial charge in [-0.25, -0.2) is 0 Å². The second-order valence-electron chi connectivity index (χ2n) is 19.3. The molecule has 0 aliphatic heterocycles. The SMILES string of the molecule is CCCCCCCCCCCCCCCCCCCCC(=O)O[C@H](COC(=O)CCCCCCCCCCCCC)COC(=O)CCCCCCCCCCCCCC(C)C. The smallest absolute Gasteiger partial charge is 0.306 e. The van der Waals surface area contributed by atoms with Crippen LogP contribution in [-0.4, -0.2) is 37.2 Å². The van der Waals surface area contributed by atoms with Crippen LogP contribution in [0.25, 0.3) is 0 Å². The average Bonchev–Trinajstić information content (AvgIpc) is 3.24. The van der Waals surface area contributed by atoms with Gasteiger partial charge in [0.25, 0.3) is 0 Å². The molecule has 1 atom stereocenters. The minimum atomic E-state index is -0.761. The molecule has 0 spiro atoms. The van der Waals surface area contributed by atoms with Crippen LogP contribution in [0.5, 0.6) is 0 Å². The molecule has 0 bridgehead atoms. The summed E-state index contributed by atoms with van der Waals surface area (Å²) in [6, 6.07) is 0. The Morgan fingerprint density at radius 2 is 0.541 bits per heavy atom. The average molecular weight is 863 g/mol. The fourth-order valence-corrected chi connectivity index (χ4v) is 8.39. The van der Waals surface area contributed by atoms with Crippen molar-refractivity contribution in [3.63, 3.8) is 0 Å². The summed E-state index contributed by atoms with van der Waals surface area (Å²) in [6.45, 7) is 9.03. The molecule has 6 heteroatoms. The lowest BCUT2D eigenvalue weighted by Crippen LogP contribution is -2.30. The molecular formula is C55H106O6. The number of carbonyl (C=O) groups is 3. The van der Waals surface area contributed by atoms with E-state index in [0.717, 1.165) is 63.7 Å². The molecule has 0 aliphatic carbocycles. The zero-order chi connectivity index (χ0) is 44.5. The summed E-state index contributed by atoms with van der Waals surface area (Å²) in [6.07, 6.45) is 52.3. The fourth-order valence-electron chi connectivity index (χ4n) is 8.39. The predicted molar refractivity (Wildman–Crippen MR) is 261 cm³/mol. The van der Waals surface area contributed by atoms with Crippen molar-refractivity contribution in [3.05, 3.63) is 0 Å². The minimum absolute atomic E-state index is 0.0625. The standard InChI is InChI=1S/C55H106O6/c1-5-7-9-11-13-15-17-18-19-20-21-22-23-27-32-36-40-44-48-55(58)61-52(49-59-53(56)46-42-38-34-30-25-16-14-12-10-8-6-2)50-60-54(57)47-43-39-35-31-28-24-26-29-33-37-41-45-51(3)4/h51-52H,5-50H2,1-4H3/t52-/m1/s1. The molecule has 0 aromatic rings. The number of rotatable bonds is 50. The van der Waals surface area contributed by atoms with Gasteiger partial charge in [0.2, 0.25) is 0 Å². The van der Waals surface area contributed by atoms with Crippen molar-refractivity contribution in [2.75, 3.05) is 13.2 Å². The molecule has 0 aromatic heterocycles. The van der Waals surface area contributed by atoms with Crippen molar-refractivity contribution < 1.29 is 28.6 Å². The van der Waals surface area contributed by atoms with Crippen LogP contribution in [0.1, 0.15) is 310 Å². The zero-order valence-electron chi connectivity index (χ0n) is 41.6. The Labute approximate surface area is 380 Å². The van der Waals surface area contributed by atoms with Crippen LogP contribution in [0.2, 0.25) is 0 Å². The lowest BCUT2D eigenvalue weighted by Gasteiger charge is -2.18. The van der Waals surface area contributed by atoms with Crippen molar-refractivity contribution >= 4 is 17.9 Å². The normalized spacial score (nSPS) is 12.0. The predicted octanol–water partition coefficient (Wildman–Crippen LogP) is 17.8. The summed E-state index contributed by atoms with van der Waals surface area (Å²) < 4.78 is 16.8. The molecule has 0 aliphatic rings. The molecule has 6 nitrogen and oxygen atoms in total. The first-order chi connectivity index (χ1) is 29.9. The van der Waals surface area contributed by atoms with E-state index in [-0.39, 0.29) is 31.1 Å². The molecule has 0 saturated heterocycles. The van der Waals surface area contributed by atoms with Gasteiger partial charge in [-0.2, -0.15) is 0 Å². The number of esters is 3. The van der Waals surface area contributed by atoms with E-state index in [0.29, 0.717) is 19.3 Å². The largest absolute Gasteiger partial charge is 0.462 e. The highest BCUT2D eigenvalue weighted by molar-refractivity contribution is 5.71. The summed E-state index contributed by atoms with van der Waals surface area (Å²) >= 11 is 0. The lowest BCUT2D eigenvalue weighted by molar-refractivity contribution is -0.167. The number of hydrogen-bond donors (Lipinski definition) is 0. The fraction of sp³-hybridized carbons (Fsp3) is 0.945. The molecule has 0 N–H and O–H groups in total. The molecule has 0 heterocycles. The van der Waals surface area contributed by atoms with E-state index in [4.69, 9.17) is 14.2 Å². The van der Waals surface area contributed by atoms with Crippen LogP contribution in [0.3, 0.4) is 0 Å². The van der Waals surface area contributed by atoms with Gasteiger partial charge in [-0.1, -0.05) is 272 Å². The number of carbonyl (C=O) groups excluding carboxylic acids is 3. The van der Waals surface area contributed by atoms with Gasteiger partial charge in [0, 0.05) is 19.3 Å². The maximum Gasteiger partial charge on any atom is 0.306 e. The quantitative estimate of drug-likeness (QED) is 0.0344. The van der Waals surface area contributed by atoms with Gasteiger partial charge in [-0.3, -0.25) is 14.4 Å². The molecule has 61 heavy (non-hydrogen) atoms. The van der Waals surface area contributed by atoms with Gasteiger partial charge in [0.15, 0.2) is 6.10 Å². The first-order valence-electron chi connectivity index (χ1n) is 27.4. The summed E-state index contributed by atoms with van der Waals surface area (Å²) in [4.78, 5) is 38.0. The number of unbranched alkanes of at least 4 members (excludes halogenated alkanes) is 37.